The third-order valence-electron chi connectivity index (χ3n) is 4.60. The summed E-state index contributed by atoms with van der Waals surface area (Å²) in [4.78, 5) is 30.4. The van der Waals surface area contributed by atoms with Crippen LogP contribution in [0.1, 0.15) is 31.7 Å². The van der Waals surface area contributed by atoms with Crippen molar-refractivity contribution in [3.8, 4) is 0 Å². The van der Waals surface area contributed by atoms with Crippen molar-refractivity contribution in [1.29, 1.82) is 0 Å². The number of amides is 1. The fourth-order valence-electron chi connectivity index (χ4n) is 3.07. The lowest BCUT2D eigenvalue weighted by Gasteiger charge is -2.33. The number of aliphatic imine (C=N–C) groups is 1. The first-order valence-electron chi connectivity index (χ1n) is 9.55. The van der Waals surface area contributed by atoms with Crippen molar-refractivity contribution in [2.24, 2.45) is 10.9 Å². The number of carbonyl (C=O) groups excluding carboxylic acids is 2. The van der Waals surface area contributed by atoms with Crippen LogP contribution in [0, 0.1) is 5.92 Å². The van der Waals surface area contributed by atoms with Gasteiger partial charge in [-0.2, -0.15) is 0 Å². The van der Waals surface area contributed by atoms with Gasteiger partial charge in [-0.1, -0.05) is 30.3 Å². The largest absolute Gasteiger partial charge is 0.469 e. The Hall–Kier alpha value is -2.57. The third-order valence-corrected chi connectivity index (χ3v) is 4.60. The normalized spacial score (nSPS) is 15.3. The maximum atomic E-state index is 12.0. The number of methoxy groups -OCH3 is 1. The SMILES string of the molecule is CCNC(=NCCC(=O)NCc1ccccc1)N1CCC(C(=O)OC)CC1. The van der Waals surface area contributed by atoms with Crippen LogP contribution in [-0.4, -0.2) is 56.0 Å². The zero-order chi connectivity index (χ0) is 19.5. The van der Waals surface area contributed by atoms with Crippen molar-refractivity contribution in [2.75, 3.05) is 33.3 Å². The molecule has 1 fully saturated rings. The molecule has 0 spiro atoms. The van der Waals surface area contributed by atoms with Gasteiger partial charge in [0.25, 0.3) is 0 Å². The van der Waals surface area contributed by atoms with E-state index in [1.807, 2.05) is 37.3 Å². The molecule has 7 nitrogen and oxygen atoms in total. The van der Waals surface area contributed by atoms with Gasteiger partial charge in [0.1, 0.15) is 0 Å². The molecule has 1 saturated heterocycles. The summed E-state index contributed by atoms with van der Waals surface area (Å²) in [6.07, 6.45) is 1.86. The molecular weight excluding hydrogens is 344 g/mol. The molecule has 0 saturated carbocycles. The van der Waals surface area contributed by atoms with Gasteiger partial charge in [0.2, 0.25) is 5.91 Å². The summed E-state index contributed by atoms with van der Waals surface area (Å²) in [5.41, 5.74) is 1.08. The highest BCUT2D eigenvalue weighted by atomic mass is 16.5. The van der Waals surface area contributed by atoms with Crippen LogP contribution in [0.2, 0.25) is 0 Å². The molecule has 0 aromatic heterocycles. The first-order chi connectivity index (χ1) is 13.1. The number of esters is 1. The van der Waals surface area contributed by atoms with Crippen molar-refractivity contribution in [3.05, 3.63) is 35.9 Å². The standard InChI is InChI=1S/C20H30N4O3/c1-3-21-20(24-13-10-17(11-14-24)19(26)27-2)22-12-9-18(25)23-15-16-7-5-4-6-8-16/h4-8,17H,3,9-15H2,1-2H3,(H,21,22)(H,23,25). The molecule has 1 aliphatic heterocycles. The summed E-state index contributed by atoms with van der Waals surface area (Å²) >= 11 is 0. The number of nitrogens with one attached hydrogen (secondary N) is 2. The van der Waals surface area contributed by atoms with E-state index in [2.05, 4.69) is 20.5 Å². The van der Waals surface area contributed by atoms with Crippen molar-refractivity contribution >= 4 is 17.8 Å². The van der Waals surface area contributed by atoms with Crippen molar-refractivity contribution < 1.29 is 14.3 Å². The lowest BCUT2D eigenvalue weighted by atomic mass is 9.97. The van der Waals surface area contributed by atoms with Crippen LogP contribution in [0.3, 0.4) is 0 Å². The molecule has 0 atom stereocenters. The van der Waals surface area contributed by atoms with E-state index >= 15 is 0 Å². The first-order valence-corrected chi connectivity index (χ1v) is 9.55. The Morgan fingerprint density at radius 3 is 2.52 bits per heavy atom. The van der Waals surface area contributed by atoms with Gasteiger partial charge in [-0.05, 0) is 25.3 Å². The quantitative estimate of drug-likeness (QED) is 0.430. The number of likely N-dealkylation sites (tertiary alicyclic amines) is 1. The van der Waals surface area contributed by atoms with E-state index in [1.165, 1.54) is 7.11 Å². The predicted octanol–water partition coefficient (Wildman–Crippen LogP) is 1.54. The number of nitrogens with zero attached hydrogens (tertiary/aromatic N) is 2. The Bertz CT molecular complexity index is 625. The molecule has 0 aliphatic carbocycles. The molecule has 1 aliphatic rings. The summed E-state index contributed by atoms with van der Waals surface area (Å²) < 4.78 is 4.83. The Morgan fingerprint density at radius 1 is 1.19 bits per heavy atom. The topological polar surface area (TPSA) is 83.0 Å². The molecule has 0 bridgehead atoms. The van der Waals surface area contributed by atoms with Crippen LogP contribution in [-0.2, 0) is 20.9 Å². The summed E-state index contributed by atoms with van der Waals surface area (Å²) in [7, 11) is 1.43. The average Bonchev–Trinajstić information content (AvgIpc) is 2.72. The molecule has 1 aromatic rings. The van der Waals surface area contributed by atoms with Gasteiger partial charge in [-0.3, -0.25) is 14.6 Å². The summed E-state index contributed by atoms with van der Waals surface area (Å²) in [5.74, 6) is 0.629. The highest BCUT2D eigenvalue weighted by Gasteiger charge is 2.26. The fourth-order valence-corrected chi connectivity index (χ4v) is 3.07. The highest BCUT2D eigenvalue weighted by Crippen LogP contribution is 2.18. The molecule has 2 N–H and O–H groups in total. The molecule has 7 heteroatoms. The van der Waals surface area contributed by atoms with Crippen LogP contribution in [0.5, 0.6) is 0 Å². The Morgan fingerprint density at radius 2 is 1.89 bits per heavy atom. The molecule has 0 unspecified atom stereocenters. The number of piperidine rings is 1. The minimum atomic E-state index is -0.133. The lowest BCUT2D eigenvalue weighted by Crippen LogP contribution is -2.46. The van der Waals surface area contributed by atoms with E-state index in [-0.39, 0.29) is 17.8 Å². The molecule has 148 valence electrons. The van der Waals surface area contributed by atoms with Crippen molar-refractivity contribution in [1.82, 2.24) is 15.5 Å². The van der Waals surface area contributed by atoms with Gasteiger partial charge in [0.05, 0.1) is 19.6 Å². The third kappa shape index (κ3) is 6.92. The van der Waals surface area contributed by atoms with Crippen LogP contribution < -0.4 is 10.6 Å². The van der Waals surface area contributed by atoms with Crippen LogP contribution >= 0.6 is 0 Å². The first kappa shape index (κ1) is 20.7. The molecular formula is C20H30N4O3. The number of benzene rings is 1. The second-order valence-electron chi connectivity index (χ2n) is 6.53. The van der Waals surface area contributed by atoms with Crippen molar-refractivity contribution in [2.45, 2.75) is 32.7 Å². The second-order valence-corrected chi connectivity index (χ2v) is 6.53. The summed E-state index contributed by atoms with van der Waals surface area (Å²) in [5, 5.41) is 6.19. The lowest BCUT2D eigenvalue weighted by molar-refractivity contribution is -0.146. The van der Waals surface area contributed by atoms with Gasteiger partial charge in [-0.15, -0.1) is 0 Å². The van der Waals surface area contributed by atoms with E-state index in [0.717, 1.165) is 44.0 Å². The smallest absolute Gasteiger partial charge is 0.308 e. The molecule has 0 radical (unpaired) electrons. The Labute approximate surface area is 161 Å². The number of carbonyl (C=O) groups is 2. The molecule has 2 rings (SSSR count). The van der Waals surface area contributed by atoms with Crippen LogP contribution in [0.4, 0.5) is 0 Å². The molecule has 1 aromatic carbocycles. The zero-order valence-electron chi connectivity index (χ0n) is 16.2. The molecule has 1 heterocycles. The van der Waals surface area contributed by atoms with E-state index in [4.69, 9.17) is 4.74 Å². The predicted molar refractivity (Wildman–Crippen MR) is 105 cm³/mol. The van der Waals surface area contributed by atoms with Gasteiger partial charge < -0.3 is 20.3 Å². The maximum absolute atomic E-state index is 12.0. The molecule has 1 amide bonds. The Balaban J connectivity index is 1.77. The highest BCUT2D eigenvalue weighted by molar-refractivity contribution is 5.81. The van der Waals surface area contributed by atoms with E-state index in [0.29, 0.717) is 19.5 Å². The number of rotatable bonds is 7. The number of guanidine groups is 1. The number of hydrogen-bond donors (Lipinski definition) is 2. The minimum absolute atomic E-state index is 0.0112. The van der Waals surface area contributed by atoms with Crippen LogP contribution in [0.25, 0.3) is 0 Å². The van der Waals surface area contributed by atoms with Crippen molar-refractivity contribution in [3.63, 3.8) is 0 Å². The fraction of sp³-hybridized carbons (Fsp3) is 0.550. The molecule has 27 heavy (non-hydrogen) atoms. The van der Waals surface area contributed by atoms with Crippen LogP contribution in [0.15, 0.2) is 35.3 Å². The minimum Gasteiger partial charge on any atom is -0.469 e. The summed E-state index contributed by atoms with van der Waals surface area (Å²) in [6, 6.07) is 9.84. The number of ether oxygens (including phenoxy) is 1. The van der Waals surface area contributed by atoms with E-state index < -0.39 is 0 Å². The van der Waals surface area contributed by atoms with E-state index in [1.54, 1.807) is 0 Å². The summed E-state index contributed by atoms with van der Waals surface area (Å²) in [6.45, 7) is 5.25. The van der Waals surface area contributed by atoms with Gasteiger partial charge in [-0.25, -0.2) is 0 Å². The van der Waals surface area contributed by atoms with Gasteiger partial charge in [0, 0.05) is 32.6 Å². The number of hydrogen-bond acceptors (Lipinski definition) is 4. The van der Waals surface area contributed by atoms with Gasteiger partial charge >= 0.3 is 5.97 Å². The second kappa shape index (κ2) is 11.2. The maximum Gasteiger partial charge on any atom is 0.308 e. The zero-order valence-corrected chi connectivity index (χ0v) is 16.2. The monoisotopic (exact) mass is 374 g/mol. The Kier molecular flexibility index (Phi) is 8.61. The van der Waals surface area contributed by atoms with E-state index in [9.17, 15) is 9.59 Å². The average molecular weight is 374 g/mol. The van der Waals surface area contributed by atoms with Gasteiger partial charge in [0.15, 0.2) is 5.96 Å².